The molecule has 8 nitrogen and oxygen atoms in total. The first-order chi connectivity index (χ1) is 16.6. The summed E-state index contributed by atoms with van der Waals surface area (Å²) in [5.74, 6) is 3.30. The molecule has 2 aromatic heterocycles. The van der Waals surface area contributed by atoms with Crippen molar-refractivity contribution in [3.8, 4) is 17.0 Å². The summed E-state index contributed by atoms with van der Waals surface area (Å²) in [5, 5.41) is 0.681. The Kier molecular flexibility index (Phi) is 6.69. The number of ether oxygens (including phenoxy) is 2. The highest BCUT2D eigenvalue weighted by atomic mass is 35.5. The molecule has 178 valence electrons. The molecule has 4 heterocycles. The molecular formula is C25H29ClN6O2. The Hall–Kier alpha value is -3.10. The van der Waals surface area contributed by atoms with Crippen LogP contribution in [-0.4, -0.2) is 74.0 Å². The second kappa shape index (κ2) is 10.0. The first kappa shape index (κ1) is 22.7. The van der Waals surface area contributed by atoms with Crippen molar-refractivity contribution in [2.45, 2.75) is 13.0 Å². The second-order valence-corrected chi connectivity index (χ2v) is 8.95. The fourth-order valence-corrected chi connectivity index (χ4v) is 4.75. The molecule has 1 atom stereocenters. The number of piperazine rings is 1. The maximum Gasteiger partial charge on any atom is 0.228 e. The Balaban J connectivity index is 1.47. The molecule has 0 radical (unpaired) electrons. The number of aromatic nitrogens is 3. The van der Waals surface area contributed by atoms with E-state index in [1.165, 1.54) is 0 Å². The second-order valence-electron chi connectivity index (χ2n) is 8.54. The third-order valence-corrected chi connectivity index (χ3v) is 6.62. The summed E-state index contributed by atoms with van der Waals surface area (Å²) in [6.07, 6.45) is 1.79. The Morgan fingerprint density at radius 3 is 2.62 bits per heavy atom. The molecule has 1 aromatic carbocycles. The molecule has 2 aliphatic rings. The Morgan fingerprint density at radius 1 is 1.00 bits per heavy atom. The van der Waals surface area contributed by atoms with Crippen LogP contribution < -0.4 is 19.4 Å². The van der Waals surface area contributed by atoms with Crippen LogP contribution in [0.15, 0.2) is 48.7 Å². The first-order valence-electron chi connectivity index (χ1n) is 11.6. The van der Waals surface area contributed by atoms with Crippen molar-refractivity contribution < 1.29 is 9.47 Å². The third-order valence-electron chi connectivity index (χ3n) is 6.32. The zero-order chi connectivity index (χ0) is 23.5. The van der Waals surface area contributed by atoms with Gasteiger partial charge in [-0.1, -0.05) is 23.7 Å². The minimum atomic E-state index is 0.220. The summed E-state index contributed by atoms with van der Waals surface area (Å²) in [4.78, 5) is 21.2. The van der Waals surface area contributed by atoms with Crippen LogP contribution in [0.4, 0.5) is 17.6 Å². The van der Waals surface area contributed by atoms with Gasteiger partial charge in [0.15, 0.2) is 0 Å². The summed E-state index contributed by atoms with van der Waals surface area (Å²) in [5.41, 5.74) is 1.89. The van der Waals surface area contributed by atoms with Gasteiger partial charge in [0.2, 0.25) is 5.95 Å². The Bertz CT molecular complexity index is 1140. The number of halogens is 1. The average molecular weight is 481 g/mol. The summed E-state index contributed by atoms with van der Waals surface area (Å²) in [7, 11) is 1.68. The lowest BCUT2D eigenvalue weighted by molar-refractivity contribution is 0.122. The number of anilines is 3. The van der Waals surface area contributed by atoms with Gasteiger partial charge in [-0.25, -0.2) is 9.97 Å². The molecule has 0 spiro atoms. The molecule has 0 aliphatic carbocycles. The number of hydrogen-bond acceptors (Lipinski definition) is 8. The number of morpholine rings is 1. The molecule has 0 bridgehead atoms. The largest absolute Gasteiger partial charge is 0.497 e. The average Bonchev–Trinajstić information content (AvgIpc) is 2.89. The van der Waals surface area contributed by atoms with Crippen molar-refractivity contribution >= 4 is 29.2 Å². The van der Waals surface area contributed by atoms with E-state index in [-0.39, 0.29) is 6.04 Å². The van der Waals surface area contributed by atoms with Crippen LogP contribution >= 0.6 is 11.6 Å². The van der Waals surface area contributed by atoms with E-state index in [0.29, 0.717) is 18.2 Å². The van der Waals surface area contributed by atoms with E-state index < -0.39 is 0 Å². The first-order valence-corrected chi connectivity index (χ1v) is 12.0. The van der Waals surface area contributed by atoms with E-state index in [2.05, 4.69) is 38.7 Å². The predicted molar refractivity (Wildman–Crippen MR) is 135 cm³/mol. The van der Waals surface area contributed by atoms with Gasteiger partial charge in [0.05, 0.1) is 31.0 Å². The molecular weight excluding hydrogens is 452 g/mol. The van der Waals surface area contributed by atoms with Gasteiger partial charge < -0.3 is 24.2 Å². The number of pyridine rings is 1. The van der Waals surface area contributed by atoms with E-state index in [1.54, 1.807) is 13.3 Å². The van der Waals surface area contributed by atoms with Crippen molar-refractivity contribution in [2.75, 3.05) is 67.7 Å². The van der Waals surface area contributed by atoms with Gasteiger partial charge in [-0.15, -0.1) is 0 Å². The highest BCUT2D eigenvalue weighted by molar-refractivity contribution is 6.32. The highest BCUT2D eigenvalue weighted by Gasteiger charge is 2.28. The lowest BCUT2D eigenvalue weighted by Crippen LogP contribution is -2.53. The number of methoxy groups -OCH3 is 1. The molecule has 0 amide bonds. The third kappa shape index (κ3) is 4.74. The molecule has 0 saturated carbocycles. The normalized spacial score (nSPS) is 18.8. The molecule has 0 N–H and O–H groups in total. The molecule has 3 aromatic rings. The number of benzene rings is 1. The summed E-state index contributed by atoms with van der Waals surface area (Å²) < 4.78 is 11.0. The van der Waals surface area contributed by atoms with Crippen molar-refractivity contribution in [1.29, 1.82) is 0 Å². The molecule has 0 unspecified atom stereocenters. The van der Waals surface area contributed by atoms with Crippen LogP contribution in [-0.2, 0) is 4.74 Å². The minimum absolute atomic E-state index is 0.220. The topological polar surface area (TPSA) is 66.9 Å². The lowest BCUT2D eigenvalue weighted by Gasteiger charge is -2.41. The molecule has 34 heavy (non-hydrogen) atoms. The Labute approximate surface area is 205 Å². The van der Waals surface area contributed by atoms with E-state index >= 15 is 0 Å². The molecule has 2 fully saturated rings. The molecule has 2 saturated heterocycles. The number of hydrogen-bond donors (Lipinski definition) is 0. The SMILES string of the molecule is COc1cccc(-c2cc(N3CCN(c4ncccc4Cl)C[C@H]3C)nc(N3CCOCC3)n2)c1. The standard InChI is InChI=1S/C25H29ClN6O2/c1-18-17-31(24-21(26)7-4-8-27-24)9-10-32(18)23-16-22(19-5-3-6-20(15-19)33-2)28-25(29-23)30-11-13-34-14-12-30/h3-8,15-16,18H,9-14,17H2,1-2H3/t18-/m1/s1. The van der Waals surface area contributed by atoms with Gasteiger partial charge in [0.25, 0.3) is 0 Å². The number of rotatable bonds is 5. The smallest absolute Gasteiger partial charge is 0.228 e. The number of nitrogens with zero attached hydrogens (tertiary/aromatic N) is 6. The van der Waals surface area contributed by atoms with E-state index in [1.807, 2.05) is 30.3 Å². The van der Waals surface area contributed by atoms with Crippen molar-refractivity contribution in [3.05, 3.63) is 53.7 Å². The summed E-state index contributed by atoms with van der Waals surface area (Å²) in [6, 6.07) is 14.1. The van der Waals surface area contributed by atoms with Crippen LogP contribution in [0.5, 0.6) is 5.75 Å². The van der Waals surface area contributed by atoms with Gasteiger partial charge in [-0.2, -0.15) is 4.98 Å². The summed E-state index contributed by atoms with van der Waals surface area (Å²) in [6.45, 7) is 7.57. The van der Waals surface area contributed by atoms with Gasteiger partial charge in [-0.3, -0.25) is 0 Å². The fraction of sp³-hybridized carbons (Fsp3) is 0.400. The highest BCUT2D eigenvalue weighted by Crippen LogP contribution is 2.31. The van der Waals surface area contributed by atoms with Gasteiger partial charge in [0, 0.05) is 56.6 Å². The van der Waals surface area contributed by atoms with E-state index in [9.17, 15) is 0 Å². The van der Waals surface area contributed by atoms with E-state index in [0.717, 1.165) is 67.3 Å². The van der Waals surface area contributed by atoms with Crippen molar-refractivity contribution in [2.24, 2.45) is 0 Å². The van der Waals surface area contributed by atoms with Gasteiger partial charge >= 0.3 is 0 Å². The Morgan fingerprint density at radius 2 is 1.85 bits per heavy atom. The zero-order valence-electron chi connectivity index (χ0n) is 19.5. The summed E-state index contributed by atoms with van der Waals surface area (Å²) >= 11 is 6.41. The fourth-order valence-electron chi connectivity index (χ4n) is 4.50. The van der Waals surface area contributed by atoms with Crippen molar-refractivity contribution in [1.82, 2.24) is 15.0 Å². The monoisotopic (exact) mass is 480 g/mol. The van der Waals surface area contributed by atoms with Gasteiger partial charge in [-0.05, 0) is 31.2 Å². The molecule has 5 rings (SSSR count). The maximum atomic E-state index is 6.41. The lowest BCUT2D eigenvalue weighted by atomic mass is 10.1. The molecule has 9 heteroatoms. The van der Waals surface area contributed by atoms with Crippen LogP contribution in [0.25, 0.3) is 11.3 Å². The zero-order valence-corrected chi connectivity index (χ0v) is 20.3. The van der Waals surface area contributed by atoms with Crippen LogP contribution in [0.3, 0.4) is 0 Å². The maximum absolute atomic E-state index is 6.41. The quantitative estimate of drug-likeness (QED) is 0.547. The van der Waals surface area contributed by atoms with Crippen molar-refractivity contribution in [3.63, 3.8) is 0 Å². The van der Waals surface area contributed by atoms with Gasteiger partial charge in [0.1, 0.15) is 17.4 Å². The van der Waals surface area contributed by atoms with Crippen LogP contribution in [0.2, 0.25) is 5.02 Å². The predicted octanol–water partition coefficient (Wildman–Crippen LogP) is 3.75. The van der Waals surface area contributed by atoms with Crippen LogP contribution in [0, 0.1) is 0 Å². The molecule has 2 aliphatic heterocycles. The minimum Gasteiger partial charge on any atom is -0.497 e. The van der Waals surface area contributed by atoms with Crippen LogP contribution in [0.1, 0.15) is 6.92 Å². The van der Waals surface area contributed by atoms with E-state index in [4.69, 9.17) is 31.0 Å².